The van der Waals surface area contributed by atoms with Crippen molar-refractivity contribution in [3.63, 3.8) is 0 Å². The van der Waals surface area contributed by atoms with E-state index in [1.165, 1.54) is 0 Å². The maximum absolute atomic E-state index is 9.40. The molecule has 0 amide bonds. The van der Waals surface area contributed by atoms with E-state index in [2.05, 4.69) is 72.8 Å². The average molecular weight is 653 g/mol. The number of nitriles is 1. The van der Waals surface area contributed by atoms with Crippen LogP contribution < -0.4 is 0 Å². The number of benzene rings is 7. The minimum absolute atomic E-state index is 0.552. The van der Waals surface area contributed by atoms with E-state index in [1.807, 2.05) is 103 Å². The van der Waals surface area contributed by atoms with Crippen LogP contribution in [0.3, 0.4) is 0 Å². The molecule has 0 unspecified atom stereocenters. The predicted molar refractivity (Wildman–Crippen MR) is 204 cm³/mol. The fourth-order valence-corrected chi connectivity index (χ4v) is 6.63. The first-order valence-corrected chi connectivity index (χ1v) is 16.7. The molecule has 7 aromatic carbocycles. The Balaban J connectivity index is 1.18. The Hall–Kier alpha value is -7.16. The lowest BCUT2D eigenvalue weighted by Crippen LogP contribution is -2.00. The first-order chi connectivity index (χ1) is 25.2. The number of hydrogen-bond donors (Lipinski definition) is 0. The molecule has 2 heterocycles. The third kappa shape index (κ3) is 5.71. The Labute approximate surface area is 294 Å². The smallest absolute Gasteiger partial charge is 0.164 e. The summed E-state index contributed by atoms with van der Waals surface area (Å²) in [6.07, 6.45) is 0. The van der Waals surface area contributed by atoms with Gasteiger partial charge in [0.2, 0.25) is 0 Å². The lowest BCUT2D eigenvalue weighted by molar-refractivity contribution is 0.669. The largest absolute Gasteiger partial charge is 0.456 e. The van der Waals surface area contributed by atoms with E-state index in [0.29, 0.717) is 23.0 Å². The van der Waals surface area contributed by atoms with Gasteiger partial charge in [0, 0.05) is 27.5 Å². The minimum Gasteiger partial charge on any atom is -0.456 e. The monoisotopic (exact) mass is 652 g/mol. The lowest BCUT2D eigenvalue weighted by atomic mass is 9.99. The van der Waals surface area contributed by atoms with E-state index >= 15 is 0 Å². The van der Waals surface area contributed by atoms with Crippen molar-refractivity contribution in [2.24, 2.45) is 0 Å². The highest BCUT2D eigenvalue weighted by Crippen LogP contribution is 2.38. The van der Waals surface area contributed by atoms with E-state index in [9.17, 15) is 5.26 Å². The molecule has 0 saturated heterocycles. The topological polar surface area (TPSA) is 75.6 Å². The van der Waals surface area contributed by atoms with Gasteiger partial charge >= 0.3 is 0 Å². The van der Waals surface area contributed by atoms with Crippen LogP contribution in [0, 0.1) is 11.3 Å². The summed E-state index contributed by atoms with van der Waals surface area (Å²) in [6.45, 7) is 0. The summed E-state index contributed by atoms with van der Waals surface area (Å²) in [5.41, 5.74) is 11.3. The van der Waals surface area contributed by atoms with Crippen molar-refractivity contribution in [2.75, 3.05) is 0 Å². The first kappa shape index (κ1) is 29.9. The highest BCUT2D eigenvalue weighted by atomic mass is 16.3. The molecule has 0 aliphatic rings. The third-order valence-electron chi connectivity index (χ3n) is 9.17. The Morgan fingerprint density at radius 2 is 0.922 bits per heavy atom. The molecule has 0 aliphatic heterocycles. The van der Waals surface area contributed by atoms with Gasteiger partial charge < -0.3 is 4.42 Å². The second kappa shape index (κ2) is 12.7. The van der Waals surface area contributed by atoms with Crippen LogP contribution in [0.4, 0.5) is 0 Å². The summed E-state index contributed by atoms with van der Waals surface area (Å²) in [6, 6.07) is 59.3. The minimum atomic E-state index is 0.552. The van der Waals surface area contributed by atoms with E-state index in [4.69, 9.17) is 19.4 Å². The van der Waals surface area contributed by atoms with Crippen molar-refractivity contribution < 1.29 is 4.42 Å². The molecule has 9 rings (SSSR count). The molecule has 0 atom stereocenters. The molecule has 0 aliphatic carbocycles. The van der Waals surface area contributed by atoms with Crippen LogP contribution in [0.25, 0.3) is 89.5 Å². The first-order valence-electron chi connectivity index (χ1n) is 16.7. The fourth-order valence-electron chi connectivity index (χ4n) is 6.63. The average Bonchev–Trinajstić information content (AvgIpc) is 3.60. The molecule has 0 spiro atoms. The Kier molecular flexibility index (Phi) is 7.46. The van der Waals surface area contributed by atoms with Crippen molar-refractivity contribution in [1.82, 2.24) is 15.0 Å². The molecule has 0 radical (unpaired) electrons. The summed E-state index contributed by atoms with van der Waals surface area (Å²) < 4.78 is 6.45. The molecule has 5 heteroatoms. The van der Waals surface area contributed by atoms with E-state index in [1.54, 1.807) is 0 Å². The van der Waals surface area contributed by atoms with Gasteiger partial charge in [-0.3, -0.25) is 0 Å². The Bertz CT molecular complexity index is 2750. The highest BCUT2D eigenvalue weighted by molar-refractivity contribution is 6.13. The van der Waals surface area contributed by atoms with Gasteiger partial charge in [-0.05, 0) is 69.8 Å². The molecular formula is C46H28N4O. The van der Waals surface area contributed by atoms with Crippen LogP contribution in [0.15, 0.2) is 174 Å². The van der Waals surface area contributed by atoms with E-state index in [0.717, 1.165) is 72.0 Å². The Morgan fingerprint density at radius 3 is 1.65 bits per heavy atom. The van der Waals surface area contributed by atoms with Crippen LogP contribution in [0.5, 0.6) is 0 Å². The molecule has 238 valence electrons. The van der Waals surface area contributed by atoms with Crippen molar-refractivity contribution in [2.45, 2.75) is 0 Å². The standard InChI is InChI=1S/C46H28N4O/c47-29-30-10-7-15-35(26-30)32-20-22-34(23-21-32)44-48-45(37-17-8-16-36(27-37)31-11-3-1-4-12-31)50-46(49-44)38-24-25-40-42(28-38)51-41-19-9-18-39(43(40)41)33-13-5-2-6-14-33/h1-28H. The molecular weight excluding hydrogens is 625 g/mol. The molecule has 9 aromatic rings. The second-order valence-electron chi connectivity index (χ2n) is 12.4. The molecule has 0 fully saturated rings. The van der Waals surface area contributed by atoms with Gasteiger partial charge in [-0.25, -0.2) is 15.0 Å². The summed E-state index contributed by atoms with van der Waals surface area (Å²) >= 11 is 0. The third-order valence-corrected chi connectivity index (χ3v) is 9.17. The number of nitrogens with zero attached hydrogens (tertiary/aromatic N) is 4. The fraction of sp³-hybridized carbons (Fsp3) is 0. The van der Waals surface area contributed by atoms with Gasteiger partial charge in [0.05, 0.1) is 11.6 Å². The van der Waals surface area contributed by atoms with Crippen molar-refractivity contribution in [3.8, 4) is 73.6 Å². The van der Waals surface area contributed by atoms with E-state index in [-0.39, 0.29) is 0 Å². The van der Waals surface area contributed by atoms with Crippen LogP contribution in [0.1, 0.15) is 5.56 Å². The quantitative estimate of drug-likeness (QED) is 0.179. The van der Waals surface area contributed by atoms with Crippen molar-refractivity contribution in [3.05, 3.63) is 175 Å². The summed E-state index contributed by atoms with van der Waals surface area (Å²) in [7, 11) is 0. The summed E-state index contributed by atoms with van der Waals surface area (Å²) in [5.74, 6) is 1.69. The maximum Gasteiger partial charge on any atom is 0.164 e. The van der Waals surface area contributed by atoms with Crippen molar-refractivity contribution >= 4 is 21.9 Å². The number of fused-ring (bicyclic) bond motifs is 3. The molecule has 2 aromatic heterocycles. The number of aromatic nitrogens is 3. The number of hydrogen-bond acceptors (Lipinski definition) is 5. The van der Waals surface area contributed by atoms with Crippen molar-refractivity contribution in [1.29, 1.82) is 5.26 Å². The van der Waals surface area contributed by atoms with Gasteiger partial charge in [-0.15, -0.1) is 0 Å². The normalized spacial score (nSPS) is 11.1. The molecule has 0 bridgehead atoms. The zero-order valence-corrected chi connectivity index (χ0v) is 27.4. The second-order valence-corrected chi connectivity index (χ2v) is 12.4. The van der Waals surface area contributed by atoms with Crippen LogP contribution in [-0.4, -0.2) is 15.0 Å². The Morgan fingerprint density at radius 1 is 0.392 bits per heavy atom. The van der Waals surface area contributed by atoms with Gasteiger partial charge in [0.15, 0.2) is 17.5 Å². The van der Waals surface area contributed by atoms with Crippen LogP contribution in [-0.2, 0) is 0 Å². The predicted octanol–water partition coefficient (Wildman–Crippen LogP) is 11.6. The number of rotatable bonds is 6. The van der Waals surface area contributed by atoms with Gasteiger partial charge in [-0.1, -0.05) is 133 Å². The zero-order valence-electron chi connectivity index (χ0n) is 27.4. The lowest BCUT2D eigenvalue weighted by Gasteiger charge is -2.10. The molecule has 5 nitrogen and oxygen atoms in total. The number of furan rings is 1. The van der Waals surface area contributed by atoms with Crippen LogP contribution >= 0.6 is 0 Å². The van der Waals surface area contributed by atoms with Gasteiger partial charge in [0.25, 0.3) is 0 Å². The summed E-state index contributed by atoms with van der Waals surface area (Å²) in [4.78, 5) is 15.1. The SMILES string of the molecule is N#Cc1cccc(-c2ccc(-c3nc(-c4cccc(-c5ccccc5)c4)nc(-c4ccc5c(c4)oc4cccc(-c6ccccc6)c45)n3)cc2)c1. The maximum atomic E-state index is 9.40. The summed E-state index contributed by atoms with van der Waals surface area (Å²) in [5, 5.41) is 11.5. The molecule has 0 saturated carbocycles. The zero-order chi connectivity index (χ0) is 34.1. The molecule has 51 heavy (non-hydrogen) atoms. The highest BCUT2D eigenvalue weighted by Gasteiger charge is 2.17. The van der Waals surface area contributed by atoms with Crippen LogP contribution in [0.2, 0.25) is 0 Å². The van der Waals surface area contributed by atoms with E-state index < -0.39 is 0 Å². The van der Waals surface area contributed by atoms with Gasteiger partial charge in [0.1, 0.15) is 11.2 Å². The van der Waals surface area contributed by atoms with Gasteiger partial charge in [-0.2, -0.15) is 5.26 Å². The molecule has 0 N–H and O–H groups in total.